The summed E-state index contributed by atoms with van der Waals surface area (Å²) in [6.07, 6.45) is 1.49. The molecular weight excluding hydrogens is 463 g/mol. The second-order valence-corrected chi connectivity index (χ2v) is 6.66. The summed E-state index contributed by atoms with van der Waals surface area (Å²) in [5.41, 5.74) is 0.610. The molecule has 6 nitrogen and oxygen atoms in total. The third kappa shape index (κ3) is 3.88. The number of nitrogens with zero attached hydrogens (tertiary/aromatic N) is 1. The minimum Gasteiger partial charge on any atom is -0.448 e. The number of anilines is 1. The number of pyridine rings is 1. The van der Waals surface area contributed by atoms with Crippen LogP contribution in [0.5, 0.6) is 11.5 Å². The van der Waals surface area contributed by atoms with E-state index >= 15 is 0 Å². The SMILES string of the molecule is CC(=O)Oc1c(Br)cc(C=C2Oc3ccc(F)nc3NC2=O)cc1Br. The molecule has 0 atom stereocenters. The lowest BCUT2D eigenvalue weighted by Crippen LogP contribution is -2.24. The molecule has 128 valence electrons. The zero-order chi connectivity index (χ0) is 18.1. The number of amides is 1. The van der Waals surface area contributed by atoms with E-state index in [1.807, 2.05) is 0 Å². The number of hydrogen-bond donors (Lipinski definition) is 1. The smallest absolute Gasteiger partial charge is 0.308 e. The Labute approximate surface area is 158 Å². The van der Waals surface area contributed by atoms with Gasteiger partial charge in [-0.1, -0.05) is 0 Å². The number of carbonyl (C=O) groups is 2. The van der Waals surface area contributed by atoms with Crippen molar-refractivity contribution in [2.24, 2.45) is 0 Å². The van der Waals surface area contributed by atoms with Crippen LogP contribution >= 0.6 is 31.9 Å². The molecule has 3 rings (SSSR count). The maximum Gasteiger partial charge on any atom is 0.308 e. The summed E-state index contributed by atoms with van der Waals surface area (Å²) in [5, 5.41) is 2.46. The lowest BCUT2D eigenvalue weighted by atomic mass is 10.2. The first-order chi connectivity index (χ1) is 11.8. The maximum atomic E-state index is 13.1. The Kier molecular flexibility index (Phi) is 4.87. The molecule has 0 unspecified atom stereocenters. The molecule has 1 aromatic heterocycles. The molecule has 0 radical (unpaired) electrons. The number of nitrogens with one attached hydrogen (secondary N) is 1. The molecule has 1 aliphatic heterocycles. The highest BCUT2D eigenvalue weighted by Gasteiger charge is 2.24. The molecule has 0 saturated heterocycles. The van der Waals surface area contributed by atoms with Gasteiger partial charge >= 0.3 is 5.97 Å². The van der Waals surface area contributed by atoms with Gasteiger partial charge in [0.2, 0.25) is 5.95 Å². The van der Waals surface area contributed by atoms with E-state index in [4.69, 9.17) is 9.47 Å². The van der Waals surface area contributed by atoms with Crippen LogP contribution in [0.3, 0.4) is 0 Å². The van der Waals surface area contributed by atoms with Crippen molar-refractivity contribution in [2.45, 2.75) is 6.92 Å². The molecule has 0 spiro atoms. The lowest BCUT2D eigenvalue weighted by Gasteiger charge is -2.18. The molecule has 25 heavy (non-hydrogen) atoms. The highest BCUT2D eigenvalue weighted by Crippen LogP contribution is 2.36. The van der Waals surface area contributed by atoms with Crippen LogP contribution in [0, 0.1) is 5.95 Å². The number of hydrogen-bond acceptors (Lipinski definition) is 5. The fraction of sp³-hybridized carbons (Fsp3) is 0.0625. The predicted molar refractivity (Wildman–Crippen MR) is 94.6 cm³/mol. The van der Waals surface area contributed by atoms with Crippen LogP contribution < -0.4 is 14.8 Å². The molecule has 0 saturated carbocycles. The number of carbonyl (C=O) groups excluding carboxylic acids is 2. The number of benzene rings is 1. The molecule has 0 fully saturated rings. The normalized spacial score (nSPS) is 14.6. The van der Waals surface area contributed by atoms with Crippen LogP contribution in [0.2, 0.25) is 0 Å². The lowest BCUT2D eigenvalue weighted by molar-refractivity contribution is -0.132. The van der Waals surface area contributed by atoms with Gasteiger partial charge < -0.3 is 14.8 Å². The van der Waals surface area contributed by atoms with Crippen molar-refractivity contribution < 1.29 is 23.5 Å². The standard InChI is InChI=1S/C16H9Br2FN2O4/c1-7(22)24-14-9(17)4-8(5-10(14)18)6-12-16(23)21-15-11(25-12)2-3-13(19)20-15/h2-6H,1H3,(H,20,21,23). The average Bonchev–Trinajstić information content (AvgIpc) is 2.52. The third-order valence-corrected chi connectivity index (χ3v) is 4.24. The largest absolute Gasteiger partial charge is 0.448 e. The number of esters is 1. The van der Waals surface area contributed by atoms with Gasteiger partial charge in [-0.3, -0.25) is 9.59 Å². The van der Waals surface area contributed by atoms with Gasteiger partial charge in [-0.25, -0.2) is 0 Å². The van der Waals surface area contributed by atoms with Crippen molar-refractivity contribution in [1.29, 1.82) is 0 Å². The van der Waals surface area contributed by atoms with Gasteiger partial charge in [0.05, 0.1) is 8.95 Å². The van der Waals surface area contributed by atoms with Crippen LogP contribution in [0.25, 0.3) is 6.08 Å². The fourth-order valence-corrected chi connectivity index (χ4v) is 3.46. The van der Waals surface area contributed by atoms with E-state index in [1.165, 1.54) is 19.1 Å². The summed E-state index contributed by atoms with van der Waals surface area (Å²) >= 11 is 6.62. The Morgan fingerprint density at radius 2 is 2.00 bits per heavy atom. The molecule has 1 aromatic carbocycles. The van der Waals surface area contributed by atoms with Crippen molar-refractivity contribution >= 4 is 55.6 Å². The predicted octanol–water partition coefficient (Wildman–Crippen LogP) is 4.04. The molecule has 0 bridgehead atoms. The van der Waals surface area contributed by atoms with Crippen molar-refractivity contribution in [1.82, 2.24) is 4.98 Å². The van der Waals surface area contributed by atoms with E-state index in [0.29, 0.717) is 20.3 Å². The van der Waals surface area contributed by atoms with E-state index in [0.717, 1.165) is 6.07 Å². The quantitative estimate of drug-likeness (QED) is 0.309. The van der Waals surface area contributed by atoms with Gasteiger partial charge in [0.25, 0.3) is 5.91 Å². The number of rotatable bonds is 2. The van der Waals surface area contributed by atoms with E-state index in [2.05, 4.69) is 42.2 Å². The summed E-state index contributed by atoms with van der Waals surface area (Å²) in [4.78, 5) is 26.8. The monoisotopic (exact) mass is 470 g/mol. The van der Waals surface area contributed by atoms with Crippen molar-refractivity contribution in [3.05, 3.63) is 50.5 Å². The summed E-state index contributed by atoms with van der Waals surface area (Å²) < 4.78 is 24.7. The number of ether oxygens (including phenoxy) is 2. The minimum absolute atomic E-state index is 0.0138. The maximum absolute atomic E-state index is 13.1. The Morgan fingerprint density at radius 1 is 1.32 bits per heavy atom. The van der Waals surface area contributed by atoms with E-state index in [9.17, 15) is 14.0 Å². The first kappa shape index (κ1) is 17.6. The second-order valence-electron chi connectivity index (χ2n) is 4.95. The third-order valence-electron chi connectivity index (χ3n) is 3.06. The summed E-state index contributed by atoms with van der Waals surface area (Å²) in [5.74, 6) is -1.13. The second kappa shape index (κ2) is 6.93. The van der Waals surface area contributed by atoms with Crippen LogP contribution in [-0.2, 0) is 9.59 Å². The molecule has 2 heterocycles. The van der Waals surface area contributed by atoms with Gasteiger partial charge in [0.15, 0.2) is 23.1 Å². The minimum atomic E-state index is -0.719. The van der Waals surface area contributed by atoms with Crippen LogP contribution in [-0.4, -0.2) is 16.9 Å². The van der Waals surface area contributed by atoms with Gasteiger partial charge in [-0.15, -0.1) is 0 Å². The van der Waals surface area contributed by atoms with Crippen molar-refractivity contribution in [2.75, 3.05) is 5.32 Å². The number of fused-ring (bicyclic) bond motifs is 1. The van der Waals surface area contributed by atoms with Crippen LogP contribution in [0.4, 0.5) is 10.2 Å². The highest BCUT2D eigenvalue weighted by molar-refractivity contribution is 9.11. The fourth-order valence-electron chi connectivity index (χ4n) is 2.08. The van der Waals surface area contributed by atoms with Gasteiger partial charge in [-0.05, 0) is 67.8 Å². The summed E-state index contributed by atoms with van der Waals surface area (Å²) in [6.45, 7) is 1.29. The number of halogens is 3. The Balaban J connectivity index is 1.94. The van der Waals surface area contributed by atoms with Gasteiger partial charge in [-0.2, -0.15) is 9.37 Å². The molecule has 2 aromatic rings. The summed E-state index contributed by atoms with van der Waals surface area (Å²) in [6, 6.07) is 5.83. The van der Waals surface area contributed by atoms with E-state index in [1.54, 1.807) is 12.1 Å². The van der Waals surface area contributed by atoms with Crippen molar-refractivity contribution in [3.63, 3.8) is 0 Å². The molecule has 1 N–H and O–H groups in total. The molecular formula is C16H9Br2FN2O4. The van der Waals surface area contributed by atoms with E-state index < -0.39 is 17.8 Å². The Hall–Kier alpha value is -2.26. The average molecular weight is 472 g/mol. The first-order valence-electron chi connectivity index (χ1n) is 6.88. The van der Waals surface area contributed by atoms with Gasteiger partial charge in [0.1, 0.15) is 0 Å². The topological polar surface area (TPSA) is 77.5 Å². The van der Waals surface area contributed by atoms with Crippen molar-refractivity contribution in [3.8, 4) is 11.5 Å². The Bertz CT molecular complexity index is 907. The first-order valence-corrected chi connectivity index (χ1v) is 8.47. The number of aromatic nitrogens is 1. The van der Waals surface area contributed by atoms with Crippen LogP contribution in [0.1, 0.15) is 12.5 Å². The zero-order valence-corrected chi connectivity index (χ0v) is 15.8. The molecule has 9 heteroatoms. The Morgan fingerprint density at radius 3 is 2.64 bits per heavy atom. The van der Waals surface area contributed by atoms with E-state index in [-0.39, 0.29) is 17.3 Å². The summed E-state index contributed by atoms with van der Waals surface area (Å²) in [7, 11) is 0. The molecule has 1 amide bonds. The molecule has 0 aliphatic carbocycles. The zero-order valence-electron chi connectivity index (χ0n) is 12.6. The highest BCUT2D eigenvalue weighted by atomic mass is 79.9. The van der Waals surface area contributed by atoms with Gasteiger partial charge in [0, 0.05) is 6.92 Å². The molecule has 1 aliphatic rings. The van der Waals surface area contributed by atoms with Crippen LogP contribution in [0.15, 0.2) is 39.0 Å².